The van der Waals surface area contributed by atoms with Gasteiger partial charge in [0, 0.05) is 0 Å². The van der Waals surface area contributed by atoms with Gasteiger partial charge >= 0.3 is 5.97 Å². The van der Waals surface area contributed by atoms with Gasteiger partial charge in [-0.1, -0.05) is 54.4 Å². The second kappa shape index (κ2) is 19.5. The van der Waals surface area contributed by atoms with E-state index in [0.29, 0.717) is 12.8 Å². The van der Waals surface area contributed by atoms with Crippen molar-refractivity contribution in [1.29, 1.82) is 0 Å². The molecule has 0 fully saturated rings. The van der Waals surface area contributed by atoms with Gasteiger partial charge in [0.05, 0.1) is 19.1 Å². The smallest absolute Gasteiger partial charge is 0.326 e. The van der Waals surface area contributed by atoms with Gasteiger partial charge in [0.25, 0.3) is 0 Å². The van der Waals surface area contributed by atoms with Gasteiger partial charge in [0.2, 0.25) is 35.4 Å². The third-order valence-corrected chi connectivity index (χ3v) is 7.21. The average molecular weight is 630 g/mol. The van der Waals surface area contributed by atoms with E-state index in [4.69, 9.17) is 11.5 Å². The molecule has 0 heterocycles. The van der Waals surface area contributed by atoms with Crippen LogP contribution in [0.15, 0.2) is 0 Å². The average Bonchev–Trinajstić information content (AvgIpc) is 2.94. The number of hydrogen-bond donors (Lipinski definition) is 9. The number of nitrogens with one attached hydrogen (secondary N) is 5. The maximum atomic E-state index is 13.4. The van der Waals surface area contributed by atoms with Gasteiger partial charge in [-0.25, -0.2) is 4.79 Å². The molecule has 0 spiro atoms. The fourth-order valence-electron chi connectivity index (χ4n) is 4.16. The molecule has 16 heteroatoms. The lowest BCUT2D eigenvalue weighted by Crippen LogP contribution is -2.62. The number of carboxylic acids is 1. The lowest BCUT2D eigenvalue weighted by molar-refractivity contribution is -0.143. The van der Waals surface area contributed by atoms with Crippen LogP contribution in [-0.4, -0.2) is 94.5 Å². The summed E-state index contributed by atoms with van der Waals surface area (Å²) in [6.07, 6.45) is -1.17. The summed E-state index contributed by atoms with van der Waals surface area (Å²) in [6.45, 7) is 11.3. The van der Waals surface area contributed by atoms with E-state index in [2.05, 4.69) is 26.6 Å². The van der Waals surface area contributed by atoms with Crippen molar-refractivity contribution in [2.75, 3.05) is 6.54 Å². The quantitative estimate of drug-likeness (QED) is 0.0704. The first kappa shape index (κ1) is 40.2. The van der Waals surface area contributed by atoms with Crippen molar-refractivity contribution in [1.82, 2.24) is 26.6 Å². The normalized spacial score (nSPS) is 16.6. The molecule has 0 aliphatic heterocycles. The standard InChI is InChI=1S/C28H51N7O9/c1-8-14(5)21(33-20(38)12-29)26(41)34-22(15(6)9-2)25(40)31-17(11-19(30)37)24(39)35-23(16(7)36)27(42)32-18(28(43)44)10-13(3)4/h13-18,21-23,36H,8-12,29H2,1-7H3,(H2,30,37)(H,31,40)(H,32,42)(H,33,38)(H,34,41)(H,35,39)(H,43,44)/t14-,15-,16+,17-,18-,21-,22-,23-/m0/s1. The molecule has 0 radical (unpaired) electrons. The summed E-state index contributed by atoms with van der Waals surface area (Å²) < 4.78 is 0. The van der Waals surface area contributed by atoms with Crippen molar-refractivity contribution in [3.63, 3.8) is 0 Å². The van der Waals surface area contributed by atoms with Crippen LogP contribution in [0.25, 0.3) is 0 Å². The zero-order valence-electron chi connectivity index (χ0n) is 26.6. The molecule has 0 aliphatic rings. The van der Waals surface area contributed by atoms with Crippen LogP contribution < -0.4 is 38.1 Å². The molecule has 6 amide bonds. The second-order valence-corrected chi connectivity index (χ2v) is 11.5. The lowest BCUT2D eigenvalue weighted by atomic mass is 9.94. The lowest BCUT2D eigenvalue weighted by Gasteiger charge is -2.30. The van der Waals surface area contributed by atoms with E-state index in [1.165, 1.54) is 6.92 Å². The fraction of sp³-hybridized carbons (Fsp3) is 0.750. The number of aliphatic hydroxyl groups excluding tert-OH is 1. The van der Waals surface area contributed by atoms with Gasteiger partial charge < -0.3 is 48.3 Å². The maximum Gasteiger partial charge on any atom is 0.326 e. The first-order valence-electron chi connectivity index (χ1n) is 14.8. The van der Waals surface area contributed by atoms with Gasteiger partial charge in [0.1, 0.15) is 30.2 Å². The zero-order chi connectivity index (χ0) is 34.3. The highest BCUT2D eigenvalue weighted by molar-refractivity contribution is 5.98. The van der Waals surface area contributed by atoms with Crippen molar-refractivity contribution in [2.24, 2.45) is 29.2 Å². The second-order valence-electron chi connectivity index (χ2n) is 11.5. The van der Waals surface area contributed by atoms with Crippen LogP contribution >= 0.6 is 0 Å². The number of hydrogen-bond acceptors (Lipinski definition) is 9. The largest absolute Gasteiger partial charge is 0.480 e. The molecule has 0 rings (SSSR count). The Morgan fingerprint density at radius 2 is 1.09 bits per heavy atom. The van der Waals surface area contributed by atoms with Gasteiger partial charge in [-0.3, -0.25) is 28.8 Å². The van der Waals surface area contributed by atoms with E-state index in [9.17, 15) is 43.8 Å². The Morgan fingerprint density at radius 1 is 0.659 bits per heavy atom. The van der Waals surface area contributed by atoms with Crippen molar-refractivity contribution in [2.45, 2.75) is 110 Å². The third kappa shape index (κ3) is 13.7. The van der Waals surface area contributed by atoms with Gasteiger partial charge in [0.15, 0.2) is 0 Å². The Hall–Kier alpha value is -3.79. The molecule has 0 unspecified atom stereocenters. The summed E-state index contributed by atoms with van der Waals surface area (Å²) in [4.78, 5) is 88.1. The van der Waals surface area contributed by atoms with E-state index in [0.717, 1.165) is 0 Å². The van der Waals surface area contributed by atoms with Crippen LogP contribution in [0.2, 0.25) is 0 Å². The van der Waals surface area contributed by atoms with Gasteiger partial charge in [-0.05, 0) is 31.1 Å². The summed E-state index contributed by atoms with van der Waals surface area (Å²) in [6, 6.07) is -6.77. The number of amides is 6. The highest BCUT2D eigenvalue weighted by Crippen LogP contribution is 2.13. The topological polar surface area (TPSA) is 272 Å². The number of carboxylic acid groups (broad SMARTS) is 1. The minimum absolute atomic E-state index is 0.0818. The molecule has 0 saturated heterocycles. The van der Waals surface area contributed by atoms with E-state index >= 15 is 0 Å². The third-order valence-electron chi connectivity index (χ3n) is 7.21. The molecule has 252 valence electrons. The van der Waals surface area contributed by atoms with Gasteiger partial charge in [-0.2, -0.15) is 0 Å². The summed E-state index contributed by atoms with van der Waals surface area (Å²) >= 11 is 0. The van der Waals surface area contributed by atoms with Crippen molar-refractivity contribution >= 4 is 41.4 Å². The summed E-state index contributed by atoms with van der Waals surface area (Å²) in [5.41, 5.74) is 10.7. The predicted molar refractivity (Wildman–Crippen MR) is 160 cm³/mol. The fourth-order valence-corrected chi connectivity index (χ4v) is 4.16. The predicted octanol–water partition coefficient (Wildman–Crippen LogP) is -2.15. The molecule has 0 saturated carbocycles. The first-order valence-corrected chi connectivity index (χ1v) is 14.8. The number of aliphatic carboxylic acids is 1. The maximum absolute atomic E-state index is 13.4. The van der Waals surface area contributed by atoms with Crippen LogP contribution in [-0.2, 0) is 33.6 Å². The van der Waals surface area contributed by atoms with E-state index in [-0.39, 0.29) is 24.8 Å². The molecule has 0 aromatic carbocycles. The van der Waals surface area contributed by atoms with Crippen molar-refractivity contribution < 1.29 is 43.8 Å². The minimum atomic E-state index is -1.64. The van der Waals surface area contributed by atoms with Crippen LogP contribution in [0.4, 0.5) is 0 Å². The molecule has 8 atom stereocenters. The molecular formula is C28H51N7O9. The Labute approximate surface area is 258 Å². The zero-order valence-corrected chi connectivity index (χ0v) is 26.6. The highest BCUT2D eigenvalue weighted by atomic mass is 16.4. The molecule has 11 N–H and O–H groups in total. The number of primary amides is 1. The van der Waals surface area contributed by atoms with E-state index in [1.54, 1.807) is 34.6 Å². The monoisotopic (exact) mass is 629 g/mol. The molecular weight excluding hydrogens is 578 g/mol. The molecule has 16 nitrogen and oxygen atoms in total. The summed E-state index contributed by atoms with van der Waals surface area (Å²) in [7, 11) is 0. The van der Waals surface area contributed by atoms with Crippen LogP contribution in [0.1, 0.15) is 74.1 Å². The number of rotatable bonds is 20. The van der Waals surface area contributed by atoms with Crippen LogP contribution in [0.5, 0.6) is 0 Å². The Balaban J connectivity index is 6.06. The number of nitrogens with two attached hydrogens (primary N) is 2. The Bertz CT molecular complexity index is 1020. The number of aliphatic hydroxyl groups is 1. The first-order chi connectivity index (χ1) is 20.4. The van der Waals surface area contributed by atoms with E-state index in [1.807, 2.05) is 6.92 Å². The molecule has 0 aliphatic carbocycles. The molecule has 0 aromatic rings. The molecule has 0 aromatic heterocycles. The van der Waals surface area contributed by atoms with Crippen LogP contribution in [0, 0.1) is 17.8 Å². The summed E-state index contributed by atoms with van der Waals surface area (Å²) in [5.74, 6) is -7.28. The Morgan fingerprint density at radius 3 is 1.50 bits per heavy atom. The SMILES string of the molecule is CC[C@H](C)[C@H](NC(=O)CN)C(=O)N[C@H](C(=O)N[C@@H](CC(N)=O)C(=O)N[C@H](C(=O)N[C@@H](CC(C)C)C(=O)O)[C@@H](C)O)[C@@H](C)CC. The minimum Gasteiger partial charge on any atom is -0.480 e. The van der Waals surface area contributed by atoms with E-state index < -0.39 is 90.1 Å². The molecule has 44 heavy (non-hydrogen) atoms. The van der Waals surface area contributed by atoms with Crippen molar-refractivity contribution in [3.05, 3.63) is 0 Å². The molecule has 0 bridgehead atoms. The highest BCUT2D eigenvalue weighted by Gasteiger charge is 2.36. The Kier molecular flexibility index (Phi) is 17.8. The number of carbonyl (C=O) groups is 7. The number of carbonyl (C=O) groups excluding carboxylic acids is 6. The van der Waals surface area contributed by atoms with Crippen LogP contribution in [0.3, 0.4) is 0 Å². The summed E-state index contributed by atoms with van der Waals surface area (Å²) in [5, 5.41) is 31.8. The van der Waals surface area contributed by atoms with Gasteiger partial charge in [-0.15, -0.1) is 0 Å². The van der Waals surface area contributed by atoms with Crippen molar-refractivity contribution in [3.8, 4) is 0 Å².